The third-order valence-corrected chi connectivity index (χ3v) is 8.27. The molecule has 1 aromatic carbocycles. The number of nitrogens with two attached hydrogens (primary N) is 1. The monoisotopic (exact) mass is 408 g/mol. The maximum absolute atomic E-state index is 13.6. The van der Waals surface area contributed by atoms with E-state index in [4.69, 9.17) is 5.73 Å². The molecule has 1 aromatic rings. The molecule has 0 saturated carbocycles. The van der Waals surface area contributed by atoms with Crippen LogP contribution in [0.3, 0.4) is 0 Å². The van der Waals surface area contributed by atoms with Crippen LogP contribution in [0.4, 0.5) is 5.69 Å². The Kier molecular flexibility index (Phi) is 4.01. The third kappa shape index (κ3) is 2.38. The van der Waals surface area contributed by atoms with E-state index < -0.39 is 11.9 Å². The number of fused-ring (bicyclic) bond motifs is 3. The first-order chi connectivity index (χ1) is 14.6. The number of hydrogen-bond acceptors (Lipinski definition) is 5. The van der Waals surface area contributed by atoms with Crippen molar-refractivity contribution in [1.82, 2.24) is 14.7 Å². The highest BCUT2D eigenvalue weighted by molar-refractivity contribution is 6.25. The van der Waals surface area contributed by atoms with Crippen molar-refractivity contribution in [2.45, 2.75) is 56.7 Å². The summed E-state index contributed by atoms with van der Waals surface area (Å²) in [5.41, 5.74) is 6.87. The lowest BCUT2D eigenvalue weighted by Crippen LogP contribution is -2.69. The van der Waals surface area contributed by atoms with Gasteiger partial charge in [-0.05, 0) is 75.6 Å². The van der Waals surface area contributed by atoms with Gasteiger partial charge in [0, 0.05) is 24.3 Å². The Hall–Kier alpha value is -2.41. The topological polar surface area (TPSA) is 87.0 Å². The summed E-state index contributed by atoms with van der Waals surface area (Å²) in [5, 5.41) is 0. The summed E-state index contributed by atoms with van der Waals surface area (Å²) in [6, 6.07) is 5.10. The predicted molar refractivity (Wildman–Crippen MR) is 111 cm³/mol. The van der Waals surface area contributed by atoms with E-state index in [-0.39, 0.29) is 23.4 Å². The Labute approximate surface area is 176 Å². The molecule has 0 bridgehead atoms. The number of amides is 3. The number of carbonyl (C=O) groups excluding carboxylic acids is 3. The van der Waals surface area contributed by atoms with Gasteiger partial charge in [-0.3, -0.25) is 24.2 Å². The van der Waals surface area contributed by atoms with Crippen molar-refractivity contribution in [2.75, 3.05) is 25.4 Å². The van der Waals surface area contributed by atoms with Gasteiger partial charge in [0.2, 0.25) is 5.91 Å². The zero-order chi connectivity index (χ0) is 20.6. The van der Waals surface area contributed by atoms with Crippen LogP contribution < -0.4 is 5.73 Å². The number of imide groups is 1. The maximum Gasteiger partial charge on any atom is 0.264 e. The van der Waals surface area contributed by atoms with Crippen molar-refractivity contribution in [3.63, 3.8) is 0 Å². The molecule has 5 atom stereocenters. The van der Waals surface area contributed by atoms with Crippen LogP contribution in [0.15, 0.2) is 18.2 Å². The number of carbonyl (C=O) groups is 3. The van der Waals surface area contributed by atoms with Crippen molar-refractivity contribution in [1.29, 1.82) is 0 Å². The molecule has 0 aromatic heterocycles. The fourth-order valence-electron chi connectivity index (χ4n) is 7.11. The number of anilines is 1. The molecule has 6 rings (SSSR count). The van der Waals surface area contributed by atoms with Crippen molar-refractivity contribution in [2.24, 2.45) is 11.8 Å². The second kappa shape index (κ2) is 6.54. The normalized spacial score (nSPS) is 35.9. The number of hydrogen-bond donors (Lipinski definition) is 1. The van der Waals surface area contributed by atoms with E-state index in [0.29, 0.717) is 35.5 Å². The smallest absolute Gasteiger partial charge is 0.264 e. The molecule has 3 amide bonds. The molecular weight excluding hydrogens is 380 g/mol. The quantitative estimate of drug-likeness (QED) is 0.565. The van der Waals surface area contributed by atoms with E-state index in [1.165, 1.54) is 43.7 Å². The second-order valence-corrected chi connectivity index (χ2v) is 9.64. The van der Waals surface area contributed by atoms with E-state index in [2.05, 4.69) is 4.90 Å². The second-order valence-electron chi connectivity index (χ2n) is 9.64. The SMILES string of the molecule is Nc1cccc2c1C(=O)N(C1CC[C@@H]3[C@H]4CCCN5CCC[C@H](CN3C1=O)[C@@H]45)C2=O. The third-order valence-electron chi connectivity index (χ3n) is 8.27. The van der Waals surface area contributed by atoms with E-state index in [9.17, 15) is 14.4 Å². The lowest BCUT2D eigenvalue weighted by atomic mass is 9.67. The molecule has 5 aliphatic heterocycles. The van der Waals surface area contributed by atoms with Crippen LogP contribution in [0, 0.1) is 11.8 Å². The molecule has 2 N–H and O–H groups in total. The van der Waals surface area contributed by atoms with Crippen LogP contribution in [-0.2, 0) is 4.79 Å². The highest BCUT2D eigenvalue weighted by atomic mass is 16.2. The summed E-state index contributed by atoms with van der Waals surface area (Å²) >= 11 is 0. The highest BCUT2D eigenvalue weighted by Gasteiger charge is 2.54. The zero-order valence-electron chi connectivity index (χ0n) is 17.1. The number of nitrogen functional groups attached to an aromatic ring is 1. The molecular formula is C23H28N4O3. The molecule has 30 heavy (non-hydrogen) atoms. The van der Waals surface area contributed by atoms with Crippen LogP contribution >= 0.6 is 0 Å². The molecule has 5 aliphatic rings. The first-order valence-corrected chi connectivity index (χ1v) is 11.4. The molecule has 5 heterocycles. The number of benzene rings is 1. The fourth-order valence-corrected chi connectivity index (χ4v) is 7.11. The lowest BCUT2D eigenvalue weighted by Gasteiger charge is -2.59. The van der Waals surface area contributed by atoms with E-state index in [0.717, 1.165) is 13.0 Å². The zero-order valence-corrected chi connectivity index (χ0v) is 17.1. The molecule has 0 radical (unpaired) electrons. The molecule has 7 nitrogen and oxygen atoms in total. The summed E-state index contributed by atoms with van der Waals surface area (Å²) in [6.45, 7) is 3.15. The highest BCUT2D eigenvalue weighted by Crippen LogP contribution is 2.45. The van der Waals surface area contributed by atoms with Gasteiger partial charge in [0.1, 0.15) is 6.04 Å². The van der Waals surface area contributed by atoms with Gasteiger partial charge in [-0.25, -0.2) is 0 Å². The Balaban J connectivity index is 1.30. The average Bonchev–Trinajstić information content (AvgIpc) is 3.01. The molecule has 158 valence electrons. The van der Waals surface area contributed by atoms with E-state index in [1.807, 2.05) is 4.90 Å². The van der Waals surface area contributed by atoms with Gasteiger partial charge in [-0.2, -0.15) is 0 Å². The maximum atomic E-state index is 13.6. The molecule has 0 aliphatic carbocycles. The first-order valence-electron chi connectivity index (χ1n) is 11.4. The summed E-state index contributed by atoms with van der Waals surface area (Å²) in [7, 11) is 0. The summed E-state index contributed by atoms with van der Waals surface area (Å²) in [4.78, 5) is 45.7. The number of rotatable bonds is 1. The van der Waals surface area contributed by atoms with Crippen molar-refractivity contribution >= 4 is 23.4 Å². The van der Waals surface area contributed by atoms with Gasteiger partial charge < -0.3 is 10.6 Å². The molecule has 0 spiro atoms. The molecule has 1 unspecified atom stereocenters. The first kappa shape index (κ1) is 18.4. The van der Waals surface area contributed by atoms with Crippen LogP contribution in [0.1, 0.15) is 59.2 Å². The Bertz CT molecular complexity index is 944. The summed E-state index contributed by atoms with van der Waals surface area (Å²) in [5.74, 6) is 0.207. The molecule has 4 saturated heterocycles. The van der Waals surface area contributed by atoms with Crippen LogP contribution in [-0.4, -0.2) is 70.2 Å². The minimum Gasteiger partial charge on any atom is -0.398 e. The van der Waals surface area contributed by atoms with Crippen molar-refractivity contribution in [3.05, 3.63) is 29.3 Å². The predicted octanol–water partition coefficient (Wildman–Crippen LogP) is 1.73. The van der Waals surface area contributed by atoms with Gasteiger partial charge >= 0.3 is 0 Å². The Morgan fingerprint density at radius 2 is 1.73 bits per heavy atom. The molecule has 7 heteroatoms. The van der Waals surface area contributed by atoms with Crippen LogP contribution in [0.25, 0.3) is 0 Å². The van der Waals surface area contributed by atoms with E-state index >= 15 is 0 Å². The minimum absolute atomic E-state index is 0.0412. The molecule has 4 fully saturated rings. The average molecular weight is 409 g/mol. The Morgan fingerprint density at radius 3 is 2.53 bits per heavy atom. The van der Waals surface area contributed by atoms with Crippen molar-refractivity contribution in [3.8, 4) is 0 Å². The number of nitrogens with zero attached hydrogens (tertiary/aromatic N) is 3. The number of piperidine rings is 4. The minimum atomic E-state index is -0.701. The summed E-state index contributed by atoms with van der Waals surface area (Å²) in [6.07, 6.45) is 6.16. The van der Waals surface area contributed by atoms with Gasteiger partial charge in [0.15, 0.2) is 0 Å². The Morgan fingerprint density at radius 1 is 0.933 bits per heavy atom. The van der Waals surface area contributed by atoms with Crippen LogP contribution in [0.5, 0.6) is 0 Å². The lowest BCUT2D eigenvalue weighted by molar-refractivity contribution is -0.156. The van der Waals surface area contributed by atoms with Gasteiger partial charge in [-0.15, -0.1) is 0 Å². The van der Waals surface area contributed by atoms with Gasteiger partial charge in [0.25, 0.3) is 11.8 Å². The standard InChI is InChI=1S/C23H28N4O3/c24-16-7-1-5-15-19(16)23(30)27(21(15)28)18-9-8-17-14-6-3-11-25-10-2-4-13(20(14)25)12-26(17)22(18)29/h1,5,7,13-14,17-18,20H,2-4,6,8-12,24H2/t13-,14-,17-,18?,20+/m1/s1. The van der Waals surface area contributed by atoms with Crippen LogP contribution in [0.2, 0.25) is 0 Å². The summed E-state index contributed by atoms with van der Waals surface area (Å²) < 4.78 is 0. The largest absolute Gasteiger partial charge is 0.398 e. The van der Waals surface area contributed by atoms with Gasteiger partial charge in [0.05, 0.1) is 11.1 Å². The fraction of sp³-hybridized carbons (Fsp3) is 0.609. The van der Waals surface area contributed by atoms with E-state index in [1.54, 1.807) is 18.2 Å². The van der Waals surface area contributed by atoms with Gasteiger partial charge in [-0.1, -0.05) is 6.07 Å². The van der Waals surface area contributed by atoms with Crippen molar-refractivity contribution < 1.29 is 14.4 Å².